The molecule has 1 aromatic carbocycles. The fourth-order valence-corrected chi connectivity index (χ4v) is 1.90. The Kier molecular flexibility index (Phi) is 5.52. The average Bonchev–Trinajstić information content (AvgIpc) is 2.58. The molecule has 0 aliphatic heterocycles. The highest BCUT2D eigenvalue weighted by Gasteiger charge is 2.30. The number of nitro benzene ring substituents is 1. The van der Waals surface area contributed by atoms with Crippen LogP contribution in [0.25, 0.3) is 0 Å². The lowest BCUT2D eigenvalue weighted by atomic mass is 10.2. The highest BCUT2D eigenvalue weighted by Crippen LogP contribution is 2.28. The molecule has 2 rings (SSSR count). The molecule has 0 saturated carbocycles. The lowest BCUT2D eigenvalue weighted by Gasteiger charge is -2.09. The molecule has 2 N–H and O–H groups in total. The van der Waals surface area contributed by atoms with Crippen molar-refractivity contribution in [1.82, 2.24) is 10.3 Å². The summed E-state index contributed by atoms with van der Waals surface area (Å²) in [5, 5.41) is 16.0. The molecule has 0 fully saturated rings. The molecule has 7 nitrogen and oxygen atoms in total. The Balaban J connectivity index is 1.82. The van der Waals surface area contributed by atoms with Gasteiger partial charge in [0.1, 0.15) is 5.82 Å². The van der Waals surface area contributed by atoms with E-state index in [-0.39, 0.29) is 30.2 Å². The lowest BCUT2D eigenvalue weighted by molar-refractivity contribution is -0.384. The second-order valence-corrected chi connectivity index (χ2v) is 4.92. The van der Waals surface area contributed by atoms with Gasteiger partial charge in [0.15, 0.2) is 0 Å². The van der Waals surface area contributed by atoms with Crippen LogP contribution in [0.1, 0.15) is 15.9 Å². The number of nitro groups is 1. The molecule has 132 valence electrons. The summed E-state index contributed by atoms with van der Waals surface area (Å²) in [6.45, 7) is 0.378. The van der Waals surface area contributed by atoms with E-state index in [4.69, 9.17) is 0 Å². The monoisotopic (exact) mass is 354 g/mol. The second-order valence-electron chi connectivity index (χ2n) is 4.92. The minimum Gasteiger partial charge on any atom is -0.368 e. The van der Waals surface area contributed by atoms with Gasteiger partial charge in [0.2, 0.25) is 0 Å². The summed E-state index contributed by atoms with van der Waals surface area (Å²) in [6.07, 6.45) is -3.73. The van der Waals surface area contributed by atoms with Gasteiger partial charge in [-0.25, -0.2) is 4.98 Å². The van der Waals surface area contributed by atoms with Crippen LogP contribution < -0.4 is 10.6 Å². The zero-order valence-corrected chi connectivity index (χ0v) is 12.7. The molecular formula is C15H13F3N4O3. The molecule has 10 heteroatoms. The van der Waals surface area contributed by atoms with Crippen molar-refractivity contribution in [3.63, 3.8) is 0 Å². The fraction of sp³-hybridized carbons (Fsp3) is 0.200. The van der Waals surface area contributed by atoms with Crippen LogP contribution in [0.5, 0.6) is 0 Å². The largest absolute Gasteiger partial charge is 0.417 e. The maximum absolute atomic E-state index is 12.4. The number of hydrogen-bond acceptors (Lipinski definition) is 5. The van der Waals surface area contributed by atoms with Crippen molar-refractivity contribution in [1.29, 1.82) is 0 Å². The molecule has 0 unspecified atom stereocenters. The number of carbonyl (C=O) groups excluding carboxylic acids is 1. The highest BCUT2D eigenvalue weighted by molar-refractivity contribution is 5.94. The van der Waals surface area contributed by atoms with Crippen LogP contribution in [0.3, 0.4) is 0 Å². The van der Waals surface area contributed by atoms with Gasteiger partial charge in [-0.05, 0) is 18.2 Å². The summed E-state index contributed by atoms with van der Waals surface area (Å²) >= 11 is 0. The van der Waals surface area contributed by atoms with E-state index in [0.717, 1.165) is 12.1 Å². The van der Waals surface area contributed by atoms with Gasteiger partial charge in [0, 0.05) is 37.0 Å². The number of rotatable bonds is 6. The number of pyridine rings is 1. The van der Waals surface area contributed by atoms with Gasteiger partial charge in [-0.1, -0.05) is 6.07 Å². The Bertz CT molecular complexity index is 763. The SMILES string of the molecule is O=C(NCCNc1ccc(C(F)(F)F)cn1)c1cccc([N+](=O)[O-])c1. The van der Waals surface area contributed by atoms with E-state index in [1.807, 2.05) is 0 Å². The molecule has 1 aromatic heterocycles. The number of benzene rings is 1. The van der Waals surface area contributed by atoms with E-state index in [0.29, 0.717) is 6.20 Å². The van der Waals surface area contributed by atoms with Crippen LogP contribution >= 0.6 is 0 Å². The van der Waals surface area contributed by atoms with Gasteiger partial charge in [0.25, 0.3) is 11.6 Å². The number of halogens is 3. The smallest absolute Gasteiger partial charge is 0.368 e. The molecule has 25 heavy (non-hydrogen) atoms. The molecule has 0 spiro atoms. The predicted molar refractivity (Wildman–Crippen MR) is 83.2 cm³/mol. The predicted octanol–water partition coefficient (Wildman–Crippen LogP) is 2.85. The molecule has 0 bridgehead atoms. The fourth-order valence-electron chi connectivity index (χ4n) is 1.90. The maximum atomic E-state index is 12.4. The summed E-state index contributed by atoms with van der Waals surface area (Å²) in [6, 6.07) is 7.35. The van der Waals surface area contributed by atoms with E-state index >= 15 is 0 Å². The number of nitrogens with one attached hydrogen (secondary N) is 2. The van der Waals surface area contributed by atoms with E-state index in [9.17, 15) is 28.1 Å². The first-order valence-electron chi connectivity index (χ1n) is 7.07. The van der Waals surface area contributed by atoms with Crippen molar-refractivity contribution in [2.45, 2.75) is 6.18 Å². The molecule has 0 saturated heterocycles. The average molecular weight is 354 g/mol. The van der Waals surface area contributed by atoms with Gasteiger partial charge < -0.3 is 10.6 Å². The van der Waals surface area contributed by atoms with Gasteiger partial charge >= 0.3 is 6.18 Å². The van der Waals surface area contributed by atoms with Crippen LogP contribution in [-0.2, 0) is 6.18 Å². The van der Waals surface area contributed by atoms with E-state index in [1.54, 1.807) is 0 Å². The number of hydrogen-bond donors (Lipinski definition) is 2. The van der Waals surface area contributed by atoms with Crippen molar-refractivity contribution in [2.75, 3.05) is 18.4 Å². The number of anilines is 1. The number of amides is 1. The van der Waals surface area contributed by atoms with Crippen molar-refractivity contribution < 1.29 is 22.9 Å². The Hall–Kier alpha value is -3.17. The highest BCUT2D eigenvalue weighted by atomic mass is 19.4. The molecular weight excluding hydrogens is 341 g/mol. The first-order chi connectivity index (χ1) is 11.8. The Morgan fingerprint density at radius 3 is 2.56 bits per heavy atom. The minimum absolute atomic E-state index is 0.141. The van der Waals surface area contributed by atoms with Crippen LogP contribution in [0.15, 0.2) is 42.6 Å². The van der Waals surface area contributed by atoms with Crippen molar-refractivity contribution in [3.05, 3.63) is 63.8 Å². The molecule has 0 radical (unpaired) electrons. The summed E-state index contributed by atoms with van der Waals surface area (Å²) < 4.78 is 37.2. The zero-order chi connectivity index (χ0) is 18.4. The van der Waals surface area contributed by atoms with Crippen LogP contribution in [-0.4, -0.2) is 28.9 Å². The number of aromatic nitrogens is 1. The molecule has 1 heterocycles. The summed E-state index contributed by atoms with van der Waals surface area (Å²) in [5.74, 6) is -0.261. The second kappa shape index (κ2) is 7.60. The van der Waals surface area contributed by atoms with Crippen LogP contribution in [0.2, 0.25) is 0 Å². The normalized spacial score (nSPS) is 11.0. The summed E-state index contributed by atoms with van der Waals surface area (Å²) in [5.41, 5.74) is -0.904. The van der Waals surface area contributed by atoms with E-state index in [2.05, 4.69) is 15.6 Å². The number of carbonyl (C=O) groups is 1. The Labute approximate surface area is 140 Å². The molecule has 0 atom stereocenters. The first kappa shape index (κ1) is 18.2. The van der Waals surface area contributed by atoms with E-state index < -0.39 is 22.6 Å². The number of alkyl halides is 3. The standard InChI is InChI=1S/C15H13F3N4O3/c16-15(17,18)11-4-5-13(21-9-11)19-6-7-20-14(23)10-2-1-3-12(8-10)22(24)25/h1-5,8-9H,6-7H2,(H,19,21)(H,20,23). The van der Waals surface area contributed by atoms with Crippen molar-refractivity contribution >= 4 is 17.4 Å². The van der Waals surface area contributed by atoms with Gasteiger partial charge in [-0.15, -0.1) is 0 Å². The van der Waals surface area contributed by atoms with Crippen molar-refractivity contribution in [3.8, 4) is 0 Å². The maximum Gasteiger partial charge on any atom is 0.417 e. The third-order valence-corrected chi connectivity index (χ3v) is 3.13. The minimum atomic E-state index is -4.45. The number of nitrogens with zero attached hydrogens (tertiary/aromatic N) is 2. The third-order valence-electron chi connectivity index (χ3n) is 3.13. The van der Waals surface area contributed by atoms with Crippen molar-refractivity contribution in [2.24, 2.45) is 0 Å². The van der Waals surface area contributed by atoms with Gasteiger partial charge in [-0.2, -0.15) is 13.2 Å². The first-order valence-corrected chi connectivity index (χ1v) is 7.07. The molecule has 1 amide bonds. The molecule has 2 aromatic rings. The summed E-state index contributed by atoms with van der Waals surface area (Å²) in [7, 11) is 0. The van der Waals surface area contributed by atoms with Gasteiger partial charge in [-0.3, -0.25) is 14.9 Å². The van der Waals surface area contributed by atoms with Gasteiger partial charge in [0.05, 0.1) is 10.5 Å². The third kappa shape index (κ3) is 5.16. The molecule has 0 aliphatic rings. The lowest BCUT2D eigenvalue weighted by Crippen LogP contribution is -2.28. The van der Waals surface area contributed by atoms with E-state index in [1.165, 1.54) is 24.3 Å². The molecule has 0 aliphatic carbocycles. The zero-order valence-electron chi connectivity index (χ0n) is 12.7. The Morgan fingerprint density at radius 2 is 1.96 bits per heavy atom. The van der Waals surface area contributed by atoms with Crippen LogP contribution in [0.4, 0.5) is 24.7 Å². The topological polar surface area (TPSA) is 97.2 Å². The van der Waals surface area contributed by atoms with Crippen LogP contribution in [0, 0.1) is 10.1 Å². The number of non-ortho nitro benzene ring substituents is 1. The quantitative estimate of drug-likeness (QED) is 0.472. The summed E-state index contributed by atoms with van der Waals surface area (Å²) in [4.78, 5) is 25.6. The Morgan fingerprint density at radius 1 is 1.20 bits per heavy atom.